The first kappa shape index (κ1) is 19.0. The van der Waals surface area contributed by atoms with Crippen LogP contribution in [-0.2, 0) is 4.79 Å². The summed E-state index contributed by atoms with van der Waals surface area (Å²) in [6.07, 6.45) is 1.43. The SMILES string of the molecule is COc1nc2ccccc2nc1N1CCC[C@@H](C(=O)Nc2ccc(F)cc2F)C1. The van der Waals surface area contributed by atoms with Gasteiger partial charge < -0.3 is 15.0 Å². The minimum absolute atomic E-state index is 0.0309. The Morgan fingerprint density at radius 2 is 1.93 bits per heavy atom. The Labute approximate surface area is 166 Å². The van der Waals surface area contributed by atoms with Crippen LogP contribution in [0.1, 0.15) is 12.8 Å². The maximum Gasteiger partial charge on any atom is 0.257 e. The van der Waals surface area contributed by atoms with Gasteiger partial charge in [-0.2, -0.15) is 0 Å². The van der Waals surface area contributed by atoms with Crippen molar-refractivity contribution >= 4 is 28.4 Å². The number of rotatable bonds is 4. The standard InChI is InChI=1S/C21H20F2N4O2/c1-29-21-19(24-17-6-2-3-7-18(17)26-21)27-10-4-5-13(12-27)20(28)25-16-9-8-14(22)11-15(16)23/h2-3,6-9,11,13H,4-5,10,12H2,1H3,(H,25,28)/t13-/m1/s1. The Morgan fingerprint density at radius 1 is 1.17 bits per heavy atom. The van der Waals surface area contributed by atoms with Gasteiger partial charge in [-0.15, -0.1) is 0 Å². The molecule has 6 nitrogen and oxygen atoms in total. The van der Waals surface area contributed by atoms with E-state index in [4.69, 9.17) is 4.74 Å². The number of carbonyl (C=O) groups excluding carboxylic acids is 1. The van der Waals surface area contributed by atoms with Gasteiger partial charge in [0.1, 0.15) is 11.6 Å². The lowest BCUT2D eigenvalue weighted by Gasteiger charge is -2.33. The van der Waals surface area contributed by atoms with Gasteiger partial charge >= 0.3 is 0 Å². The second kappa shape index (κ2) is 7.98. The molecule has 1 fully saturated rings. The van der Waals surface area contributed by atoms with Crippen LogP contribution in [0.5, 0.6) is 5.88 Å². The fraction of sp³-hybridized carbons (Fsp3) is 0.286. The monoisotopic (exact) mass is 398 g/mol. The molecule has 8 heteroatoms. The van der Waals surface area contributed by atoms with Crippen molar-refractivity contribution in [2.24, 2.45) is 5.92 Å². The van der Waals surface area contributed by atoms with Crippen molar-refractivity contribution in [1.29, 1.82) is 0 Å². The molecule has 0 saturated carbocycles. The molecule has 4 rings (SSSR count). The summed E-state index contributed by atoms with van der Waals surface area (Å²) in [6.45, 7) is 1.11. The number of halogens is 2. The summed E-state index contributed by atoms with van der Waals surface area (Å²) in [5, 5.41) is 2.56. The van der Waals surface area contributed by atoms with Crippen LogP contribution in [0.2, 0.25) is 0 Å². The number of amides is 1. The second-order valence-electron chi connectivity index (χ2n) is 6.94. The number of benzene rings is 2. The Balaban J connectivity index is 1.55. The van der Waals surface area contributed by atoms with E-state index in [-0.39, 0.29) is 17.5 Å². The third kappa shape index (κ3) is 3.96. The van der Waals surface area contributed by atoms with Gasteiger partial charge in [-0.3, -0.25) is 4.79 Å². The molecule has 3 aromatic rings. The predicted octanol–water partition coefficient (Wildman–Crippen LogP) is 3.77. The summed E-state index contributed by atoms with van der Waals surface area (Å²) >= 11 is 0. The molecule has 0 unspecified atom stereocenters. The molecule has 0 spiro atoms. The molecule has 2 aromatic carbocycles. The molecule has 1 aromatic heterocycles. The van der Waals surface area contributed by atoms with E-state index < -0.39 is 11.6 Å². The van der Waals surface area contributed by atoms with Gasteiger partial charge in [0, 0.05) is 19.2 Å². The molecule has 1 aliphatic rings. The summed E-state index contributed by atoms with van der Waals surface area (Å²) in [4.78, 5) is 23.8. The summed E-state index contributed by atoms with van der Waals surface area (Å²) in [6, 6.07) is 10.6. The molecule has 1 N–H and O–H groups in total. The zero-order valence-electron chi connectivity index (χ0n) is 15.9. The Hall–Kier alpha value is -3.29. The van der Waals surface area contributed by atoms with Crippen LogP contribution in [-0.4, -0.2) is 36.1 Å². The van der Waals surface area contributed by atoms with Crippen molar-refractivity contribution in [3.05, 3.63) is 54.1 Å². The largest absolute Gasteiger partial charge is 0.478 e. The first-order valence-corrected chi connectivity index (χ1v) is 9.37. The van der Waals surface area contributed by atoms with Gasteiger partial charge in [0.15, 0.2) is 5.82 Å². The number of hydrogen-bond acceptors (Lipinski definition) is 5. The molecule has 2 heterocycles. The van der Waals surface area contributed by atoms with Crippen LogP contribution in [0.4, 0.5) is 20.3 Å². The maximum absolute atomic E-state index is 13.9. The Morgan fingerprint density at radius 3 is 2.66 bits per heavy atom. The highest BCUT2D eigenvalue weighted by atomic mass is 19.1. The molecule has 1 saturated heterocycles. The number of nitrogens with zero attached hydrogens (tertiary/aromatic N) is 3. The van der Waals surface area contributed by atoms with Crippen molar-refractivity contribution in [1.82, 2.24) is 9.97 Å². The van der Waals surface area contributed by atoms with Gasteiger partial charge in [-0.1, -0.05) is 12.1 Å². The summed E-state index contributed by atoms with van der Waals surface area (Å²) < 4.78 is 32.4. The highest BCUT2D eigenvalue weighted by Crippen LogP contribution is 2.31. The first-order chi connectivity index (χ1) is 14.0. The smallest absolute Gasteiger partial charge is 0.257 e. The van der Waals surface area contributed by atoms with Gasteiger partial charge in [0.2, 0.25) is 5.91 Å². The lowest BCUT2D eigenvalue weighted by atomic mass is 9.97. The van der Waals surface area contributed by atoms with Crippen LogP contribution in [0, 0.1) is 17.6 Å². The highest BCUT2D eigenvalue weighted by Gasteiger charge is 2.29. The van der Waals surface area contributed by atoms with E-state index in [9.17, 15) is 13.6 Å². The van der Waals surface area contributed by atoms with Crippen molar-refractivity contribution in [2.45, 2.75) is 12.8 Å². The lowest BCUT2D eigenvalue weighted by Crippen LogP contribution is -2.41. The van der Waals surface area contributed by atoms with Gasteiger partial charge in [-0.05, 0) is 37.1 Å². The number of carbonyl (C=O) groups is 1. The lowest BCUT2D eigenvalue weighted by molar-refractivity contribution is -0.120. The average molecular weight is 398 g/mol. The second-order valence-corrected chi connectivity index (χ2v) is 6.94. The third-order valence-electron chi connectivity index (χ3n) is 5.00. The molecule has 150 valence electrons. The van der Waals surface area contributed by atoms with Crippen LogP contribution >= 0.6 is 0 Å². The number of piperidine rings is 1. The normalized spacial score (nSPS) is 16.7. The molecule has 29 heavy (non-hydrogen) atoms. The van der Waals surface area contributed by atoms with E-state index in [1.807, 2.05) is 29.2 Å². The number of methoxy groups -OCH3 is 1. The van der Waals surface area contributed by atoms with Crippen LogP contribution < -0.4 is 15.0 Å². The number of nitrogens with one attached hydrogen (secondary N) is 1. The Bertz CT molecular complexity index is 1060. The van der Waals surface area contributed by atoms with E-state index in [1.54, 1.807) is 0 Å². The minimum Gasteiger partial charge on any atom is -0.478 e. The fourth-order valence-corrected chi connectivity index (χ4v) is 3.53. The first-order valence-electron chi connectivity index (χ1n) is 9.37. The van der Waals surface area contributed by atoms with Gasteiger partial charge in [-0.25, -0.2) is 18.7 Å². The van der Waals surface area contributed by atoms with Crippen molar-refractivity contribution < 1.29 is 18.3 Å². The van der Waals surface area contributed by atoms with Crippen molar-refractivity contribution in [3.8, 4) is 5.88 Å². The molecular formula is C21H20F2N4O2. The van der Waals surface area contributed by atoms with E-state index >= 15 is 0 Å². The van der Waals surface area contributed by atoms with Crippen LogP contribution in [0.15, 0.2) is 42.5 Å². The number of ether oxygens (including phenoxy) is 1. The van der Waals surface area contributed by atoms with Gasteiger partial charge in [0.05, 0.1) is 29.7 Å². The van der Waals surface area contributed by atoms with E-state index in [0.29, 0.717) is 31.2 Å². The average Bonchev–Trinajstić information content (AvgIpc) is 2.74. The number of anilines is 2. The quantitative estimate of drug-likeness (QED) is 0.725. The third-order valence-corrected chi connectivity index (χ3v) is 5.00. The number of hydrogen-bond donors (Lipinski definition) is 1. The zero-order valence-corrected chi connectivity index (χ0v) is 15.9. The number of fused-ring (bicyclic) bond motifs is 1. The maximum atomic E-state index is 13.9. The summed E-state index contributed by atoms with van der Waals surface area (Å²) in [5.74, 6) is -1.19. The molecule has 1 aliphatic heterocycles. The summed E-state index contributed by atoms with van der Waals surface area (Å²) in [5.41, 5.74) is 1.44. The number of para-hydroxylation sites is 2. The van der Waals surface area contributed by atoms with E-state index in [1.165, 1.54) is 13.2 Å². The molecule has 0 radical (unpaired) electrons. The highest BCUT2D eigenvalue weighted by molar-refractivity contribution is 5.93. The number of aromatic nitrogens is 2. The zero-order chi connectivity index (χ0) is 20.4. The molecule has 0 bridgehead atoms. The summed E-state index contributed by atoms with van der Waals surface area (Å²) in [7, 11) is 1.54. The van der Waals surface area contributed by atoms with Crippen LogP contribution in [0.3, 0.4) is 0 Å². The van der Waals surface area contributed by atoms with E-state index in [0.717, 1.165) is 29.6 Å². The van der Waals surface area contributed by atoms with Gasteiger partial charge in [0.25, 0.3) is 5.88 Å². The molecule has 0 aliphatic carbocycles. The topological polar surface area (TPSA) is 67.4 Å². The molecule has 1 atom stereocenters. The van der Waals surface area contributed by atoms with Crippen molar-refractivity contribution in [2.75, 3.05) is 30.4 Å². The molecule has 1 amide bonds. The minimum atomic E-state index is -0.798. The van der Waals surface area contributed by atoms with Crippen molar-refractivity contribution in [3.63, 3.8) is 0 Å². The van der Waals surface area contributed by atoms with Crippen LogP contribution in [0.25, 0.3) is 11.0 Å². The predicted molar refractivity (Wildman–Crippen MR) is 106 cm³/mol. The fourth-order valence-electron chi connectivity index (χ4n) is 3.53. The Kier molecular flexibility index (Phi) is 5.24. The molecular weight excluding hydrogens is 378 g/mol. The van der Waals surface area contributed by atoms with E-state index in [2.05, 4.69) is 15.3 Å².